The number of benzene rings is 1. The highest BCUT2D eigenvalue weighted by molar-refractivity contribution is 5.71. The van der Waals surface area contributed by atoms with Crippen molar-refractivity contribution in [2.45, 2.75) is 55.8 Å². The molecule has 0 saturated heterocycles. The molecule has 38 heavy (non-hydrogen) atoms. The van der Waals surface area contributed by atoms with Crippen LogP contribution in [0, 0.1) is 20.2 Å². The Balaban J connectivity index is 3.32. The van der Waals surface area contributed by atoms with Crippen LogP contribution in [-0.4, -0.2) is 58.6 Å². The Morgan fingerprint density at radius 2 is 1.37 bits per heavy atom. The van der Waals surface area contributed by atoms with Gasteiger partial charge in [-0.15, -0.1) is 0 Å². The van der Waals surface area contributed by atoms with Gasteiger partial charge in [-0.2, -0.15) is 43.9 Å². The van der Waals surface area contributed by atoms with Gasteiger partial charge >= 0.3 is 53.6 Å². The second kappa shape index (κ2) is 10.3. The van der Waals surface area contributed by atoms with E-state index in [1.807, 2.05) is 0 Å². The van der Waals surface area contributed by atoms with E-state index in [9.17, 15) is 77.7 Å². The predicted molar refractivity (Wildman–Crippen MR) is 96.6 cm³/mol. The fraction of sp³-hybridized carbons (Fsp3) is 0.588. The maximum absolute atomic E-state index is 13.7. The van der Waals surface area contributed by atoms with Gasteiger partial charge in [0.15, 0.2) is 6.61 Å². The molecule has 0 aromatic heterocycles. The summed E-state index contributed by atoms with van der Waals surface area (Å²) in [4.78, 5) is 31.1. The first-order valence-corrected chi connectivity index (χ1v) is 9.35. The lowest BCUT2D eigenvalue weighted by Gasteiger charge is -2.38. The van der Waals surface area contributed by atoms with Gasteiger partial charge < -0.3 is 9.47 Å². The Hall–Kier alpha value is -3.55. The van der Waals surface area contributed by atoms with E-state index < -0.39 is 81.7 Å². The number of halogens is 12. The van der Waals surface area contributed by atoms with E-state index in [-0.39, 0.29) is 5.56 Å². The number of carbonyl (C=O) groups excluding carboxylic acids is 1. The Morgan fingerprint density at radius 3 is 1.76 bits per heavy atom. The molecule has 0 atom stereocenters. The Morgan fingerprint density at radius 1 is 0.868 bits per heavy atom. The zero-order valence-corrected chi connectivity index (χ0v) is 18.3. The molecular formula is C17H12F12N2O7. The summed E-state index contributed by atoms with van der Waals surface area (Å²) in [5.74, 6) is -39.2. The van der Waals surface area contributed by atoms with Gasteiger partial charge in [0.2, 0.25) is 5.75 Å². The number of nitro groups is 2. The topological polar surface area (TPSA) is 122 Å². The molecule has 1 rings (SSSR count). The van der Waals surface area contributed by atoms with E-state index in [0.29, 0.717) is 12.1 Å². The van der Waals surface area contributed by atoms with Gasteiger partial charge in [0.05, 0.1) is 9.85 Å². The molecule has 0 saturated carbocycles. The molecule has 0 aliphatic carbocycles. The van der Waals surface area contributed by atoms with Crippen molar-refractivity contribution in [3.8, 4) is 5.75 Å². The molecule has 0 bridgehead atoms. The van der Waals surface area contributed by atoms with Gasteiger partial charge in [0.1, 0.15) is 0 Å². The molecule has 0 radical (unpaired) electrons. The fourth-order valence-electron chi connectivity index (χ4n) is 2.48. The lowest BCUT2D eigenvalue weighted by molar-refractivity contribution is -0.423. The Bertz CT molecular complexity index is 1100. The summed E-state index contributed by atoms with van der Waals surface area (Å²) in [6.45, 7) is -0.614. The zero-order valence-electron chi connectivity index (χ0n) is 18.3. The second-order valence-electron chi connectivity index (χ2n) is 7.55. The largest absolute Gasteiger partial charge is 0.514 e. The molecule has 0 unspecified atom stereocenters. The SMILES string of the molecule is CC(C)c1cc(OC(=O)OCC(F)(F)C(F)(F)C(F)(F)C(F)(F)C(F)(F)C(F)F)c([N+](=O)[O-])c([N+](=O)[O-])c1. The monoisotopic (exact) mass is 584 g/mol. The summed E-state index contributed by atoms with van der Waals surface area (Å²) in [5.41, 5.74) is -3.06. The van der Waals surface area contributed by atoms with Crippen molar-refractivity contribution in [3.05, 3.63) is 37.9 Å². The third kappa shape index (κ3) is 5.49. The first-order chi connectivity index (χ1) is 16.9. The van der Waals surface area contributed by atoms with Crippen LogP contribution in [0.1, 0.15) is 25.3 Å². The summed E-state index contributed by atoms with van der Waals surface area (Å²) >= 11 is 0. The third-order valence-corrected chi connectivity index (χ3v) is 4.63. The van der Waals surface area contributed by atoms with Crippen LogP contribution in [0.15, 0.2) is 12.1 Å². The van der Waals surface area contributed by atoms with Crippen LogP contribution in [0.5, 0.6) is 5.75 Å². The van der Waals surface area contributed by atoms with Gasteiger partial charge in [-0.3, -0.25) is 20.2 Å². The summed E-state index contributed by atoms with van der Waals surface area (Å²) in [6, 6.07) is 1.22. The normalized spacial score (nSPS) is 13.6. The molecule has 0 heterocycles. The van der Waals surface area contributed by atoms with E-state index in [1.165, 1.54) is 13.8 Å². The van der Waals surface area contributed by atoms with Crippen LogP contribution in [0.4, 0.5) is 68.9 Å². The number of nitro benzene ring substituents is 2. The number of hydrogen-bond donors (Lipinski definition) is 0. The lowest BCUT2D eigenvalue weighted by atomic mass is 9.94. The predicted octanol–water partition coefficient (Wildman–Crippen LogP) is 6.58. The van der Waals surface area contributed by atoms with Crippen molar-refractivity contribution in [1.29, 1.82) is 0 Å². The fourth-order valence-corrected chi connectivity index (χ4v) is 2.48. The Labute approximate surface area is 201 Å². The highest BCUT2D eigenvalue weighted by Gasteiger charge is 2.87. The smallest absolute Gasteiger partial charge is 0.427 e. The van der Waals surface area contributed by atoms with Crippen LogP contribution in [0.2, 0.25) is 0 Å². The first-order valence-electron chi connectivity index (χ1n) is 9.35. The summed E-state index contributed by atoms with van der Waals surface area (Å²) in [7, 11) is 0. The zero-order chi connectivity index (χ0) is 30.2. The quantitative estimate of drug-likeness (QED) is 0.0947. The third-order valence-electron chi connectivity index (χ3n) is 4.63. The lowest BCUT2D eigenvalue weighted by Crippen LogP contribution is -2.69. The van der Waals surface area contributed by atoms with Gasteiger partial charge in [-0.25, -0.2) is 13.6 Å². The van der Waals surface area contributed by atoms with Crippen LogP contribution in [-0.2, 0) is 4.74 Å². The Kier molecular flexibility index (Phi) is 8.81. The van der Waals surface area contributed by atoms with E-state index in [2.05, 4.69) is 9.47 Å². The van der Waals surface area contributed by atoms with Crippen LogP contribution >= 0.6 is 0 Å². The molecule has 216 valence electrons. The number of rotatable bonds is 11. The van der Waals surface area contributed by atoms with Gasteiger partial charge in [0, 0.05) is 6.07 Å². The number of carbonyl (C=O) groups is 1. The minimum atomic E-state index is -7.87. The molecule has 9 nitrogen and oxygen atoms in total. The van der Waals surface area contributed by atoms with Crippen LogP contribution in [0.25, 0.3) is 0 Å². The van der Waals surface area contributed by atoms with E-state index in [4.69, 9.17) is 0 Å². The van der Waals surface area contributed by atoms with Gasteiger partial charge in [-0.1, -0.05) is 13.8 Å². The summed E-state index contributed by atoms with van der Waals surface area (Å²) < 4.78 is 165. The standard InChI is InChI=1S/C17H12F12N2O7/c1-6(2)7-3-8(30(33)34)10(31(35)36)9(4-7)38-12(32)37-5-13(20,21)15(24,25)17(28,29)16(26,27)14(22,23)11(18)19/h3-4,6,11H,5H2,1-2H3. The average molecular weight is 584 g/mol. The molecule has 0 N–H and O–H groups in total. The maximum atomic E-state index is 13.7. The number of nitrogens with zero attached hydrogens (tertiary/aromatic N) is 2. The van der Waals surface area contributed by atoms with Crippen molar-refractivity contribution in [2.24, 2.45) is 0 Å². The molecule has 1 aromatic carbocycles. The van der Waals surface area contributed by atoms with Crippen molar-refractivity contribution in [2.75, 3.05) is 6.61 Å². The second-order valence-corrected chi connectivity index (χ2v) is 7.55. The van der Waals surface area contributed by atoms with Crippen molar-refractivity contribution < 1.29 is 76.8 Å². The first kappa shape index (κ1) is 32.5. The highest BCUT2D eigenvalue weighted by Crippen LogP contribution is 2.58. The number of ether oxygens (including phenoxy) is 2. The van der Waals surface area contributed by atoms with E-state index in [1.54, 1.807) is 0 Å². The molecule has 0 amide bonds. The van der Waals surface area contributed by atoms with Gasteiger partial charge in [0.25, 0.3) is 0 Å². The number of hydrogen-bond acceptors (Lipinski definition) is 7. The van der Waals surface area contributed by atoms with E-state index >= 15 is 0 Å². The molecule has 1 aromatic rings. The summed E-state index contributed by atoms with van der Waals surface area (Å²) in [6.07, 6.45) is -8.37. The molecule has 0 aliphatic heterocycles. The van der Waals surface area contributed by atoms with Crippen molar-refractivity contribution in [1.82, 2.24) is 0 Å². The van der Waals surface area contributed by atoms with Crippen molar-refractivity contribution in [3.63, 3.8) is 0 Å². The van der Waals surface area contributed by atoms with Crippen LogP contribution in [0.3, 0.4) is 0 Å². The minimum absolute atomic E-state index is 0.149. The number of alkyl halides is 12. The highest BCUT2D eigenvalue weighted by atomic mass is 19.4. The average Bonchev–Trinajstić information content (AvgIpc) is 2.76. The molecular weight excluding hydrogens is 572 g/mol. The van der Waals surface area contributed by atoms with Crippen molar-refractivity contribution >= 4 is 17.5 Å². The van der Waals surface area contributed by atoms with Gasteiger partial charge in [-0.05, 0) is 17.5 Å². The summed E-state index contributed by atoms with van der Waals surface area (Å²) in [5, 5.41) is 22.3. The molecule has 0 aliphatic rings. The molecule has 0 fully saturated rings. The molecule has 0 spiro atoms. The minimum Gasteiger partial charge on any atom is -0.427 e. The van der Waals surface area contributed by atoms with Crippen LogP contribution < -0.4 is 4.74 Å². The molecule has 21 heteroatoms. The van der Waals surface area contributed by atoms with E-state index in [0.717, 1.165) is 0 Å². The maximum Gasteiger partial charge on any atom is 0.514 e.